The number of thiocarbonyl (C=S) groups is 1. The Kier molecular flexibility index (Phi) is 8.27. The smallest absolute Gasteiger partial charge is 0.233 e. The highest BCUT2D eigenvalue weighted by Crippen LogP contribution is 2.17. The summed E-state index contributed by atoms with van der Waals surface area (Å²) in [6.45, 7) is 8.23. The van der Waals surface area contributed by atoms with Gasteiger partial charge < -0.3 is 15.0 Å². The first-order valence-corrected chi connectivity index (χ1v) is 8.66. The summed E-state index contributed by atoms with van der Waals surface area (Å²) < 4.78 is 5.89. The Hall–Kier alpha value is -1.27. The van der Waals surface area contributed by atoms with E-state index >= 15 is 0 Å². The van der Waals surface area contributed by atoms with Gasteiger partial charge in [-0.05, 0) is 38.5 Å². The molecule has 6 heteroatoms. The van der Waals surface area contributed by atoms with Crippen LogP contribution in [0.15, 0.2) is 24.3 Å². The van der Waals surface area contributed by atoms with E-state index in [-0.39, 0.29) is 11.2 Å². The monoisotopic (exact) mass is 340 g/mol. The molecule has 0 aliphatic heterocycles. The van der Waals surface area contributed by atoms with Gasteiger partial charge in [0.2, 0.25) is 5.91 Å². The van der Waals surface area contributed by atoms with E-state index < -0.39 is 0 Å². The van der Waals surface area contributed by atoms with E-state index in [1.807, 2.05) is 31.2 Å². The second-order valence-electron chi connectivity index (χ2n) is 4.76. The van der Waals surface area contributed by atoms with E-state index in [0.29, 0.717) is 6.54 Å². The van der Waals surface area contributed by atoms with Crippen LogP contribution in [0.4, 0.5) is 0 Å². The van der Waals surface area contributed by atoms with Crippen LogP contribution in [0.5, 0.6) is 5.75 Å². The standard InChI is InChI=1S/C16H24N2O2S2/c1-5-18(6-2)16(21)22-12(3)15(19)17-11-13-7-9-14(20-4)10-8-13/h7-10,12H,5-6,11H2,1-4H3,(H,17,19)/t12-/m1/s1. The van der Waals surface area contributed by atoms with E-state index in [1.165, 1.54) is 11.8 Å². The van der Waals surface area contributed by atoms with Crippen molar-refractivity contribution in [3.8, 4) is 5.75 Å². The van der Waals surface area contributed by atoms with Crippen LogP contribution in [-0.4, -0.2) is 40.6 Å². The molecule has 22 heavy (non-hydrogen) atoms. The van der Waals surface area contributed by atoms with Gasteiger partial charge in [-0.3, -0.25) is 4.79 Å². The summed E-state index contributed by atoms with van der Waals surface area (Å²) >= 11 is 6.80. The van der Waals surface area contributed by atoms with Crippen LogP contribution in [0.3, 0.4) is 0 Å². The summed E-state index contributed by atoms with van der Waals surface area (Å²) in [5.74, 6) is 0.805. The molecule has 0 saturated carbocycles. The zero-order valence-corrected chi connectivity index (χ0v) is 15.2. The topological polar surface area (TPSA) is 41.6 Å². The van der Waals surface area contributed by atoms with E-state index in [1.54, 1.807) is 7.11 Å². The average Bonchev–Trinajstić information content (AvgIpc) is 2.54. The van der Waals surface area contributed by atoms with Crippen LogP contribution in [0.2, 0.25) is 0 Å². The van der Waals surface area contributed by atoms with Crippen LogP contribution in [-0.2, 0) is 11.3 Å². The molecular formula is C16H24N2O2S2. The van der Waals surface area contributed by atoms with Gasteiger partial charge in [0.1, 0.15) is 10.1 Å². The van der Waals surface area contributed by atoms with Gasteiger partial charge in [-0.25, -0.2) is 0 Å². The van der Waals surface area contributed by atoms with Gasteiger partial charge in [0.05, 0.1) is 12.4 Å². The summed E-state index contributed by atoms with van der Waals surface area (Å²) in [7, 11) is 1.63. The number of benzene rings is 1. The maximum atomic E-state index is 12.1. The maximum absolute atomic E-state index is 12.1. The lowest BCUT2D eigenvalue weighted by molar-refractivity contribution is -0.120. The minimum Gasteiger partial charge on any atom is -0.497 e. The number of hydrogen-bond acceptors (Lipinski definition) is 4. The van der Waals surface area contributed by atoms with Gasteiger partial charge in [0.25, 0.3) is 0 Å². The molecule has 122 valence electrons. The highest BCUT2D eigenvalue weighted by molar-refractivity contribution is 8.23. The zero-order valence-electron chi connectivity index (χ0n) is 13.6. The summed E-state index contributed by atoms with van der Waals surface area (Å²) in [6, 6.07) is 7.65. The average molecular weight is 341 g/mol. The van der Waals surface area contributed by atoms with Gasteiger partial charge in [0, 0.05) is 19.6 Å². The van der Waals surface area contributed by atoms with Gasteiger partial charge in [-0.15, -0.1) is 0 Å². The summed E-state index contributed by atoms with van der Waals surface area (Å²) in [5, 5.41) is 2.74. The molecule has 0 saturated heterocycles. The fourth-order valence-electron chi connectivity index (χ4n) is 1.84. The highest BCUT2D eigenvalue weighted by Gasteiger charge is 2.17. The van der Waals surface area contributed by atoms with Crippen molar-refractivity contribution in [3.05, 3.63) is 29.8 Å². The molecule has 4 nitrogen and oxygen atoms in total. The molecular weight excluding hydrogens is 316 g/mol. The van der Waals surface area contributed by atoms with E-state index in [9.17, 15) is 4.79 Å². The van der Waals surface area contributed by atoms with Crippen LogP contribution in [0.25, 0.3) is 0 Å². The Labute approximate surface area is 142 Å². The minimum atomic E-state index is -0.202. The molecule has 1 aromatic rings. The van der Waals surface area contributed by atoms with Crippen molar-refractivity contribution < 1.29 is 9.53 Å². The van der Waals surface area contributed by atoms with E-state index in [4.69, 9.17) is 17.0 Å². The number of thioether (sulfide) groups is 1. The second kappa shape index (κ2) is 9.69. The van der Waals surface area contributed by atoms with Crippen LogP contribution in [0, 0.1) is 0 Å². The lowest BCUT2D eigenvalue weighted by atomic mass is 10.2. The normalized spacial score (nSPS) is 11.6. The van der Waals surface area contributed by atoms with Gasteiger partial charge in [0.15, 0.2) is 0 Å². The molecule has 0 bridgehead atoms. The number of methoxy groups -OCH3 is 1. The Morgan fingerprint density at radius 1 is 1.32 bits per heavy atom. The molecule has 1 amide bonds. The molecule has 0 spiro atoms. The molecule has 0 fully saturated rings. The molecule has 1 N–H and O–H groups in total. The number of nitrogens with one attached hydrogen (secondary N) is 1. The van der Waals surface area contributed by atoms with Crippen molar-refractivity contribution in [1.82, 2.24) is 10.2 Å². The maximum Gasteiger partial charge on any atom is 0.233 e. The van der Waals surface area contributed by atoms with Crippen molar-refractivity contribution in [2.24, 2.45) is 0 Å². The minimum absolute atomic E-state index is 0.00433. The predicted molar refractivity (Wildman–Crippen MR) is 97.4 cm³/mol. The van der Waals surface area contributed by atoms with Crippen molar-refractivity contribution in [1.29, 1.82) is 0 Å². The molecule has 0 aliphatic rings. The summed E-state index contributed by atoms with van der Waals surface area (Å²) in [4.78, 5) is 14.2. The molecule has 0 heterocycles. The van der Waals surface area contributed by atoms with Gasteiger partial charge >= 0.3 is 0 Å². The molecule has 0 aromatic heterocycles. The number of ether oxygens (including phenoxy) is 1. The Balaban J connectivity index is 2.45. The lowest BCUT2D eigenvalue weighted by Crippen LogP contribution is -2.34. The number of carbonyl (C=O) groups is 1. The lowest BCUT2D eigenvalue weighted by Gasteiger charge is -2.22. The predicted octanol–water partition coefficient (Wildman–Crippen LogP) is 3.06. The third kappa shape index (κ3) is 5.85. The number of amides is 1. The van der Waals surface area contributed by atoms with Gasteiger partial charge in [-0.2, -0.15) is 0 Å². The van der Waals surface area contributed by atoms with E-state index in [2.05, 4.69) is 24.1 Å². The van der Waals surface area contributed by atoms with Gasteiger partial charge in [-0.1, -0.05) is 36.1 Å². The zero-order chi connectivity index (χ0) is 16.5. The molecule has 0 unspecified atom stereocenters. The molecule has 1 aromatic carbocycles. The fourth-order valence-corrected chi connectivity index (χ4v) is 3.43. The largest absolute Gasteiger partial charge is 0.497 e. The van der Waals surface area contributed by atoms with Crippen LogP contribution < -0.4 is 10.1 Å². The van der Waals surface area contributed by atoms with Crippen molar-refractivity contribution in [2.45, 2.75) is 32.6 Å². The first kappa shape index (κ1) is 18.8. The summed E-state index contributed by atoms with van der Waals surface area (Å²) in [6.07, 6.45) is 0. The van der Waals surface area contributed by atoms with Crippen molar-refractivity contribution in [2.75, 3.05) is 20.2 Å². The third-order valence-corrected chi connectivity index (χ3v) is 4.87. The molecule has 1 rings (SSSR count). The molecule has 0 radical (unpaired) electrons. The first-order valence-electron chi connectivity index (χ1n) is 7.38. The highest BCUT2D eigenvalue weighted by atomic mass is 32.2. The molecule has 1 atom stereocenters. The van der Waals surface area contributed by atoms with Crippen LogP contribution in [0.1, 0.15) is 26.3 Å². The Morgan fingerprint density at radius 2 is 1.91 bits per heavy atom. The van der Waals surface area contributed by atoms with Crippen molar-refractivity contribution >= 4 is 34.2 Å². The quantitative estimate of drug-likeness (QED) is 0.773. The SMILES string of the molecule is CCN(CC)C(=S)S[C@H](C)C(=O)NCc1ccc(OC)cc1. The first-order chi connectivity index (χ1) is 10.5. The molecule has 0 aliphatic carbocycles. The Bertz CT molecular complexity index is 487. The number of carbonyl (C=O) groups excluding carboxylic acids is 1. The summed E-state index contributed by atoms with van der Waals surface area (Å²) in [5.41, 5.74) is 1.04. The fraction of sp³-hybridized carbons (Fsp3) is 0.500. The van der Waals surface area contributed by atoms with Crippen LogP contribution >= 0.6 is 24.0 Å². The number of rotatable bonds is 7. The van der Waals surface area contributed by atoms with E-state index in [0.717, 1.165) is 28.7 Å². The second-order valence-corrected chi connectivity index (χ2v) is 6.74. The number of hydrogen-bond donors (Lipinski definition) is 1. The Morgan fingerprint density at radius 3 is 2.41 bits per heavy atom. The third-order valence-electron chi connectivity index (χ3n) is 3.29. The number of nitrogens with zero attached hydrogens (tertiary/aromatic N) is 1. The van der Waals surface area contributed by atoms with Crippen molar-refractivity contribution in [3.63, 3.8) is 0 Å².